The van der Waals surface area contributed by atoms with Crippen LogP contribution in [0.25, 0.3) is 22.1 Å². The molecule has 0 saturated carbocycles. The summed E-state index contributed by atoms with van der Waals surface area (Å²) in [6.07, 6.45) is 2.83. The summed E-state index contributed by atoms with van der Waals surface area (Å²) in [4.78, 5) is 17.3. The number of sulfonamides is 1. The molecule has 0 atom stereocenters. The molecule has 0 unspecified atom stereocenters. The number of carbonyl (C=O) groups is 1. The van der Waals surface area contributed by atoms with Gasteiger partial charge in [-0.05, 0) is 43.2 Å². The third-order valence-corrected chi connectivity index (χ3v) is 8.66. The molecule has 0 bridgehead atoms. The van der Waals surface area contributed by atoms with Crippen molar-refractivity contribution >= 4 is 55.4 Å². The van der Waals surface area contributed by atoms with Gasteiger partial charge in [-0.25, -0.2) is 13.4 Å². The van der Waals surface area contributed by atoms with Crippen molar-refractivity contribution in [2.24, 2.45) is 7.05 Å². The van der Waals surface area contributed by atoms with Crippen LogP contribution in [0.5, 0.6) is 0 Å². The molecule has 4 aromatic rings. The second-order valence-electron chi connectivity index (χ2n) is 8.17. The Kier molecular flexibility index (Phi) is 6.24. The predicted molar refractivity (Wildman–Crippen MR) is 132 cm³/mol. The Bertz CT molecular complexity index is 1460. The van der Waals surface area contributed by atoms with Crippen molar-refractivity contribution in [3.63, 3.8) is 0 Å². The van der Waals surface area contributed by atoms with E-state index in [1.165, 1.54) is 28.2 Å². The van der Waals surface area contributed by atoms with Crippen molar-refractivity contribution in [1.82, 2.24) is 24.1 Å². The molecule has 0 aliphatic carbocycles. The van der Waals surface area contributed by atoms with Crippen LogP contribution in [0.15, 0.2) is 58.6 Å². The molecule has 2 aromatic heterocycles. The average molecular weight is 497 g/mol. The standard InChI is InChI=1S/C23H24N6O3S2/c1-28-19-8-4-3-7-18(19)21-22(28)25-23(27-26-21)33-15-20(30)24-16-9-11-17(12-10-16)34(31,32)29-13-5-2-6-14-29/h3-4,7-12H,2,5-6,13-15H2,1H3,(H,24,30). The van der Waals surface area contributed by atoms with Gasteiger partial charge in [-0.1, -0.05) is 36.4 Å². The van der Waals surface area contributed by atoms with E-state index in [4.69, 9.17) is 0 Å². The Morgan fingerprint density at radius 1 is 1.03 bits per heavy atom. The van der Waals surface area contributed by atoms with Crippen LogP contribution in [0, 0.1) is 0 Å². The number of aryl methyl sites for hydroxylation is 1. The number of hydrogen-bond acceptors (Lipinski definition) is 7. The van der Waals surface area contributed by atoms with Crippen molar-refractivity contribution in [2.45, 2.75) is 29.3 Å². The van der Waals surface area contributed by atoms with E-state index in [0.717, 1.165) is 35.7 Å². The minimum absolute atomic E-state index is 0.102. The quantitative estimate of drug-likeness (QED) is 0.407. The largest absolute Gasteiger partial charge is 0.327 e. The second kappa shape index (κ2) is 9.32. The third kappa shape index (κ3) is 4.38. The number of rotatable bonds is 6. The monoisotopic (exact) mass is 496 g/mol. The van der Waals surface area contributed by atoms with E-state index in [2.05, 4.69) is 20.5 Å². The number of aromatic nitrogens is 4. The Labute approximate surface area is 201 Å². The van der Waals surface area contributed by atoms with Gasteiger partial charge in [-0.15, -0.1) is 10.2 Å². The number of piperidine rings is 1. The highest BCUT2D eigenvalue weighted by atomic mass is 32.2. The van der Waals surface area contributed by atoms with Crippen LogP contribution in [-0.4, -0.2) is 57.2 Å². The fourth-order valence-electron chi connectivity index (χ4n) is 4.14. The number of hydrogen-bond donors (Lipinski definition) is 1. The van der Waals surface area contributed by atoms with Gasteiger partial charge in [0.25, 0.3) is 0 Å². The number of para-hydroxylation sites is 1. The lowest BCUT2D eigenvalue weighted by Crippen LogP contribution is -2.35. The van der Waals surface area contributed by atoms with E-state index < -0.39 is 10.0 Å². The van der Waals surface area contributed by atoms with Crippen molar-refractivity contribution < 1.29 is 13.2 Å². The van der Waals surface area contributed by atoms with Gasteiger partial charge in [0.2, 0.25) is 21.1 Å². The van der Waals surface area contributed by atoms with Gasteiger partial charge in [-0.2, -0.15) is 4.31 Å². The molecule has 0 radical (unpaired) electrons. The van der Waals surface area contributed by atoms with Crippen LogP contribution < -0.4 is 5.32 Å². The lowest BCUT2D eigenvalue weighted by Gasteiger charge is -2.25. The van der Waals surface area contributed by atoms with Gasteiger partial charge in [-0.3, -0.25) is 4.79 Å². The maximum absolute atomic E-state index is 12.8. The fraction of sp³-hybridized carbons (Fsp3) is 0.304. The van der Waals surface area contributed by atoms with Gasteiger partial charge >= 0.3 is 0 Å². The number of thioether (sulfide) groups is 1. The number of nitrogens with zero attached hydrogens (tertiary/aromatic N) is 5. The van der Waals surface area contributed by atoms with Crippen LogP contribution in [-0.2, 0) is 21.9 Å². The molecule has 1 saturated heterocycles. The minimum atomic E-state index is -3.49. The number of benzene rings is 2. The molecule has 2 aromatic carbocycles. The molecule has 1 aliphatic heterocycles. The number of nitrogens with one attached hydrogen (secondary N) is 1. The van der Waals surface area contributed by atoms with Crippen molar-refractivity contribution in [2.75, 3.05) is 24.2 Å². The van der Waals surface area contributed by atoms with Gasteiger partial charge in [0.15, 0.2) is 5.65 Å². The molecule has 34 heavy (non-hydrogen) atoms. The molecule has 1 amide bonds. The predicted octanol–water partition coefficient (Wildman–Crippen LogP) is 3.42. The van der Waals surface area contributed by atoms with Crippen LogP contribution in [0.1, 0.15) is 19.3 Å². The summed E-state index contributed by atoms with van der Waals surface area (Å²) in [5, 5.41) is 12.7. The Balaban J connectivity index is 1.23. The second-order valence-corrected chi connectivity index (χ2v) is 11.0. The molecule has 9 nitrogen and oxygen atoms in total. The van der Waals surface area contributed by atoms with Crippen LogP contribution >= 0.6 is 11.8 Å². The van der Waals surface area contributed by atoms with E-state index >= 15 is 0 Å². The van der Waals surface area contributed by atoms with Crippen LogP contribution in [0.4, 0.5) is 5.69 Å². The smallest absolute Gasteiger partial charge is 0.243 e. The molecule has 0 spiro atoms. The summed E-state index contributed by atoms with van der Waals surface area (Å²) in [6.45, 7) is 1.11. The molecule has 11 heteroatoms. The number of fused-ring (bicyclic) bond motifs is 3. The van der Waals surface area contributed by atoms with Crippen LogP contribution in [0.3, 0.4) is 0 Å². The lowest BCUT2D eigenvalue weighted by molar-refractivity contribution is -0.113. The average Bonchev–Trinajstić information content (AvgIpc) is 3.15. The SMILES string of the molecule is Cn1c2ccccc2c2nnc(SCC(=O)Nc3ccc(S(=O)(=O)N4CCCCC4)cc3)nc21. The first-order chi connectivity index (χ1) is 16.4. The van der Waals surface area contributed by atoms with Gasteiger partial charge in [0.1, 0.15) is 5.52 Å². The maximum Gasteiger partial charge on any atom is 0.243 e. The molecular formula is C23H24N6O3S2. The summed E-state index contributed by atoms with van der Waals surface area (Å²) in [5.74, 6) is -0.136. The van der Waals surface area contributed by atoms with Gasteiger partial charge < -0.3 is 9.88 Å². The first kappa shape index (κ1) is 22.8. The number of anilines is 1. The zero-order chi connectivity index (χ0) is 23.7. The third-order valence-electron chi connectivity index (χ3n) is 5.91. The van der Waals surface area contributed by atoms with E-state index in [9.17, 15) is 13.2 Å². The lowest BCUT2D eigenvalue weighted by atomic mass is 10.2. The summed E-state index contributed by atoms with van der Waals surface area (Å²) in [6, 6.07) is 14.2. The van der Waals surface area contributed by atoms with Crippen molar-refractivity contribution in [3.8, 4) is 0 Å². The highest BCUT2D eigenvalue weighted by molar-refractivity contribution is 7.99. The van der Waals surface area contributed by atoms with E-state index in [0.29, 0.717) is 29.6 Å². The van der Waals surface area contributed by atoms with Crippen molar-refractivity contribution in [1.29, 1.82) is 0 Å². The molecule has 1 aliphatic rings. The zero-order valence-corrected chi connectivity index (χ0v) is 20.3. The van der Waals surface area contributed by atoms with E-state index in [-0.39, 0.29) is 16.6 Å². The highest BCUT2D eigenvalue weighted by Gasteiger charge is 2.25. The van der Waals surface area contributed by atoms with E-state index in [1.54, 1.807) is 12.1 Å². The maximum atomic E-state index is 12.8. The van der Waals surface area contributed by atoms with Gasteiger partial charge in [0, 0.05) is 31.2 Å². The van der Waals surface area contributed by atoms with Crippen molar-refractivity contribution in [3.05, 3.63) is 48.5 Å². The zero-order valence-electron chi connectivity index (χ0n) is 18.6. The van der Waals surface area contributed by atoms with E-state index in [1.807, 2.05) is 35.9 Å². The van der Waals surface area contributed by atoms with Gasteiger partial charge in [0.05, 0.1) is 16.2 Å². The molecular weight excluding hydrogens is 472 g/mol. The Morgan fingerprint density at radius 2 is 1.76 bits per heavy atom. The summed E-state index contributed by atoms with van der Waals surface area (Å²) >= 11 is 1.19. The Morgan fingerprint density at radius 3 is 2.53 bits per heavy atom. The number of amides is 1. The summed E-state index contributed by atoms with van der Waals surface area (Å²) in [5.41, 5.74) is 2.99. The molecule has 176 valence electrons. The topological polar surface area (TPSA) is 110 Å². The molecule has 1 fully saturated rings. The fourth-order valence-corrected chi connectivity index (χ4v) is 6.24. The molecule has 5 rings (SSSR count). The summed E-state index contributed by atoms with van der Waals surface area (Å²) in [7, 11) is -1.57. The normalized spacial score (nSPS) is 15.1. The van der Waals surface area contributed by atoms with Crippen LogP contribution in [0.2, 0.25) is 0 Å². The Hall–Kier alpha value is -3.02. The summed E-state index contributed by atoms with van der Waals surface area (Å²) < 4.78 is 29.0. The number of carbonyl (C=O) groups excluding carboxylic acids is 1. The molecule has 1 N–H and O–H groups in total. The first-order valence-electron chi connectivity index (χ1n) is 11.0. The first-order valence-corrected chi connectivity index (χ1v) is 13.5. The minimum Gasteiger partial charge on any atom is -0.327 e. The highest BCUT2D eigenvalue weighted by Crippen LogP contribution is 2.26. The molecule has 3 heterocycles.